The van der Waals surface area contributed by atoms with Crippen LogP contribution in [0.5, 0.6) is 0 Å². The van der Waals surface area contributed by atoms with Crippen molar-refractivity contribution in [3.05, 3.63) is 28.8 Å². The minimum Gasteiger partial charge on any atom is -0.480 e. The molecule has 1 aromatic rings. The van der Waals surface area contributed by atoms with E-state index < -0.39 is 12.0 Å². The smallest absolute Gasteiger partial charge is 0.320 e. The van der Waals surface area contributed by atoms with Crippen molar-refractivity contribution in [2.45, 2.75) is 33.2 Å². The molecule has 116 valence electrons. The number of aliphatic carboxylic acids is 1. The molecule has 0 aliphatic carbocycles. The second-order valence-electron chi connectivity index (χ2n) is 5.11. The zero-order valence-corrected chi connectivity index (χ0v) is 13.2. The third-order valence-corrected chi connectivity index (χ3v) is 3.67. The van der Waals surface area contributed by atoms with Crippen LogP contribution in [0.3, 0.4) is 0 Å². The van der Waals surface area contributed by atoms with Crippen molar-refractivity contribution in [1.82, 2.24) is 5.32 Å². The van der Waals surface area contributed by atoms with E-state index in [9.17, 15) is 9.59 Å². The summed E-state index contributed by atoms with van der Waals surface area (Å²) in [5, 5.41) is 15.0. The number of amides is 1. The van der Waals surface area contributed by atoms with Crippen molar-refractivity contribution >= 4 is 29.2 Å². The van der Waals surface area contributed by atoms with Crippen molar-refractivity contribution in [3.63, 3.8) is 0 Å². The van der Waals surface area contributed by atoms with Crippen LogP contribution in [-0.4, -0.2) is 29.6 Å². The maximum atomic E-state index is 11.9. The second kappa shape index (κ2) is 8.00. The van der Waals surface area contributed by atoms with E-state index in [1.165, 1.54) is 0 Å². The lowest BCUT2D eigenvalue weighted by molar-refractivity contribution is -0.140. The van der Waals surface area contributed by atoms with Crippen LogP contribution >= 0.6 is 11.6 Å². The molecule has 0 saturated carbocycles. The highest BCUT2D eigenvalue weighted by Crippen LogP contribution is 2.22. The molecule has 0 radical (unpaired) electrons. The number of carboxylic acids is 1. The highest BCUT2D eigenvalue weighted by atomic mass is 35.5. The SMILES string of the molecule is CC[C@H](C)[C@H](NCC(=O)Nc1ccc(C)cc1Cl)C(=O)O. The summed E-state index contributed by atoms with van der Waals surface area (Å²) >= 11 is 6.03. The van der Waals surface area contributed by atoms with Crippen LogP contribution < -0.4 is 10.6 Å². The van der Waals surface area contributed by atoms with Gasteiger partial charge in [0.1, 0.15) is 6.04 Å². The molecular weight excluding hydrogens is 292 g/mol. The van der Waals surface area contributed by atoms with Gasteiger partial charge < -0.3 is 10.4 Å². The van der Waals surface area contributed by atoms with Gasteiger partial charge in [0, 0.05) is 0 Å². The summed E-state index contributed by atoms with van der Waals surface area (Å²) in [6.07, 6.45) is 0.718. The van der Waals surface area contributed by atoms with Crippen LogP contribution in [0.1, 0.15) is 25.8 Å². The van der Waals surface area contributed by atoms with Gasteiger partial charge in [-0.2, -0.15) is 0 Å². The molecular formula is C15H21ClN2O3. The zero-order chi connectivity index (χ0) is 16.0. The van der Waals surface area contributed by atoms with Gasteiger partial charge in [0.2, 0.25) is 5.91 Å². The Bertz CT molecular complexity index is 520. The second-order valence-corrected chi connectivity index (χ2v) is 5.52. The number of benzene rings is 1. The van der Waals surface area contributed by atoms with E-state index in [0.29, 0.717) is 10.7 Å². The summed E-state index contributed by atoms with van der Waals surface area (Å²) < 4.78 is 0. The Hall–Kier alpha value is -1.59. The van der Waals surface area contributed by atoms with Gasteiger partial charge in [-0.25, -0.2) is 0 Å². The molecule has 2 atom stereocenters. The van der Waals surface area contributed by atoms with E-state index in [1.807, 2.05) is 26.8 Å². The Morgan fingerprint density at radius 3 is 2.57 bits per heavy atom. The minimum atomic E-state index is -0.953. The van der Waals surface area contributed by atoms with Crippen molar-refractivity contribution in [1.29, 1.82) is 0 Å². The van der Waals surface area contributed by atoms with Gasteiger partial charge >= 0.3 is 5.97 Å². The summed E-state index contributed by atoms with van der Waals surface area (Å²) in [5.74, 6) is -1.33. The van der Waals surface area contributed by atoms with E-state index in [-0.39, 0.29) is 18.4 Å². The van der Waals surface area contributed by atoms with Gasteiger partial charge in [-0.3, -0.25) is 14.9 Å². The number of hydrogen-bond acceptors (Lipinski definition) is 3. The fraction of sp³-hybridized carbons (Fsp3) is 0.467. The largest absolute Gasteiger partial charge is 0.480 e. The van der Waals surface area contributed by atoms with Gasteiger partial charge in [-0.05, 0) is 30.5 Å². The van der Waals surface area contributed by atoms with Crippen LogP contribution in [-0.2, 0) is 9.59 Å². The van der Waals surface area contributed by atoms with Gasteiger partial charge in [0.05, 0.1) is 17.3 Å². The van der Waals surface area contributed by atoms with Gasteiger partial charge in [-0.1, -0.05) is 37.9 Å². The van der Waals surface area contributed by atoms with E-state index >= 15 is 0 Å². The molecule has 5 nitrogen and oxygen atoms in total. The predicted molar refractivity (Wildman–Crippen MR) is 83.7 cm³/mol. The molecule has 0 bridgehead atoms. The molecule has 1 amide bonds. The normalized spacial score (nSPS) is 13.5. The minimum absolute atomic E-state index is 0.0572. The summed E-state index contributed by atoms with van der Waals surface area (Å²) in [7, 11) is 0. The van der Waals surface area contributed by atoms with E-state index in [0.717, 1.165) is 12.0 Å². The number of carbonyl (C=O) groups excluding carboxylic acids is 1. The van der Waals surface area contributed by atoms with Crippen molar-refractivity contribution in [2.24, 2.45) is 5.92 Å². The lowest BCUT2D eigenvalue weighted by atomic mass is 9.99. The van der Waals surface area contributed by atoms with E-state index in [4.69, 9.17) is 16.7 Å². The number of aryl methyl sites for hydroxylation is 1. The summed E-state index contributed by atoms with van der Waals surface area (Å²) in [5.41, 5.74) is 1.52. The molecule has 21 heavy (non-hydrogen) atoms. The number of halogens is 1. The maximum Gasteiger partial charge on any atom is 0.320 e. The Kier molecular flexibility index (Phi) is 6.65. The molecule has 0 aliphatic heterocycles. The summed E-state index contributed by atoms with van der Waals surface area (Å²) in [6, 6.07) is 4.57. The van der Waals surface area contributed by atoms with Crippen LogP contribution in [0.2, 0.25) is 5.02 Å². The fourth-order valence-corrected chi connectivity index (χ4v) is 2.17. The summed E-state index contributed by atoms with van der Waals surface area (Å²) in [4.78, 5) is 23.0. The monoisotopic (exact) mass is 312 g/mol. The quantitative estimate of drug-likeness (QED) is 0.723. The number of rotatable bonds is 7. The zero-order valence-electron chi connectivity index (χ0n) is 12.4. The fourth-order valence-electron chi connectivity index (χ4n) is 1.89. The van der Waals surface area contributed by atoms with Crippen molar-refractivity contribution < 1.29 is 14.7 Å². The van der Waals surface area contributed by atoms with E-state index in [2.05, 4.69) is 10.6 Å². The van der Waals surface area contributed by atoms with Crippen molar-refractivity contribution in [3.8, 4) is 0 Å². The highest BCUT2D eigenvalue weighted by molar-refractivity contribution is 6.33. The highest BCUT2D eigenvalue weighted by Gasteiger charge is 2.23. The molecule has 0 saturated heterocycles. The van der Waals surface area contributed by atoms with Crippen LogP contribution in [0, 0.1) is 12.8 Å². The first-order chi connectivity index (χ1) is 9.85. The molecule has 0 heterocycles. The first kappa shape index (κ1) is 17.5. The van der Waals surface area contributed by atoms with Crippen molar-refractivity contribution in [2.75, 3.05) is 11.9 Å². The topological polar surface area (TPSA) is 78.4 Å². The predicted octanol–water partition coefficient (Wildman–Crippen LogP) is 2.68. The van der Waals surface area contributed by atoms with Gasteiger partial charge in [0.15, 0.2) is 0 Å². The standard InChI is InChI=1S/C15H21ClN2O3/c1-4-10(3)14(15(20)21)17-8-13(19)18-12-6-5-9(2)7-11(12)16/h5-7,10,14,17H,4,8H2,1-3H3,(H,18,19)(H,20,21)/t10-,14-/m0/s1. The molecule has 0 fully saturated rings. The van der Waals surface area contributed by atoms with Gasteiger partial charge in [-0.15, -0.1) is 0 Å². The lowest BCUT2D eigenvalue weighted by Crippen LogP contribution is -2.45. The number of carbonyl (C=O) groups is 2. The Morgan fingerprint density at radius 2 is 2.05 bits per heavy atom. The summed E-state index contributed by atoms with van der Waals surface area (Å²) in [6.45, 7) is 5.57. The molecule has 0 spiro atoms. The molecule has 6 heteroatoms. The molecule has 0 unspecified atom stereocenters. The number of anilines is 1. The van der Waals surface area contributed by atoms with Crippen LogP contribution in [0.25, 0.3) is 0 Å². The molecule has 3 N–H and O–H groups in total. The molecule has 1 rings (SSSR count). The number of hydrogen-bond donors (Lipinski definition) is 3. The Labute approximate surface area is 129 Å². The third kappa shape index (κ3) is 5.36. The average molecular weight is 313 g/mol. The lowest BCUT2D eigenvalue weighted by Gasteiger charge is -2.20. The molecule has 0 aromatic heterocycles. The third-order valence-electron chi connectivity index (χ3n) is 3.36. The van der Waals surface area contributed by atoms with Crippen LogP contribution in [0.15, 0.2) is 18.2 Å². The Balaban J connectivity index is 2.59. The molecule has 0 aliphatic rings. The molecule has 1 aromatic carbocycles. The first-order valence-electron chi connectivity index (χ1n) is 6.87. The first-order valence-corrected chi connectivity index (χ1v) is 7.25. The average Bonchev–Trinajstić information content (AvgIpc) is 2.41. The maximum absolute atomic E-state index is 11.9. The Morgan fingerprint density at radius 1 is 1.38 bits per heavy atom. The number of nitrogens with one attached hydrogen (secondary N) is 2. The van der Waals surface area contributed by atoms with Crippen LogP contribution in [0.4, 0.5) is 5.69 Å². The van der Waals surface area contributed by atoms with E-state index in [1.54, 1.807) is 12.1 Å². The number of carboxylic acid groups (broad SMARTS) is 1. The van der Waals surface area contributed by atoms with Gasteiger partial charge in [0.25, 0.3) is 0 Å².